The fourth-order valence-corrected chi connectivity index (χ4v) is 4.07. The van der Waals surface area contributed by atoms with Gasteiger partial charge in [-0.15, -0.1) is 0 Å². The number of aromatic nitrogens is 3. The lowest BCUT2D eigenvalue weighted by Gasteiger charge is -2.32. The van der Waals surface area contributed by atoms with Crippen molar-refractivity contribution >= 4 is 36.9 Å². The van der Waals surface area contributed by atoms with Crippen LogP contribution >= 0.6 is 0 Å². The number of benzene rings is 1. The number of carbonyl (C=O) groups is 1. The first-order valence-electron chi connectivity index (χ1n) is 10.9. The minimum Gasteiger partial charge on any atom is -0.366 e. The van der Waals surface area contributed by atoms with Gasteiger partial charge in [0.05, 0.1) is 0 Å². The lowest BCUT2D eigenvalue weighted by Crippen LogP contribution is -2.38. The minimum absolute atomic E-state index is 0.0923. The van der Waals surface area contributed by atoms with Crippen LogP contribution in [0.1, 0.15) is 34.8 Å². The molecular formula is C24H27BN6O. The molecule has 0 aliphatic carbocycles. The molecule has 0 unspecified atom stereocenters. The highest BCUT2D eigenvalue weighted by Crippen LogP contribution is 2.29. The van der Waals surface area contributed by atoms with E-state index in [2.05, 4.69) is 17.0 Å². The van der Waals surface area contributed by atoms with Crippen LogP contribution in [-0.4, -0.2) is 59.1 Å². The molecular weight excluding hydrogens is 399 g/mol. The topological polar surface area (TPSA) is 86.4 Å². The maximum absolute atomic E-state index is 12.8. The van der Waals surface area contributed by atoms with Crippen LogP contribution in [0.25, 0.3) is 5.65 Å². The number of piperidine rings is 1. The van der Waals surface area contributed by atoms with Gasteiger partial charge in [-0.3, -0.25) is 4.79 Å². The van der Waals surface area contributed by atoms with Gasteiger partial charge < -0.3 is 15.6 Å². The largest absolute Gasteiger partial charge is 0.366 e. The third kappa shape index (κ3) is 4.49. The molecule has 2 N–H and O–H groups in total. The molecule has 3 aromatic rings. The predicted octanol–water partition coefficient (Wildman–Crippen LogP) is 2.18. The highest BCUT2D eigenvalue weighted by molar-refractivity contribution is 6.36. The van der Waals surface area contributed by atoms with Crippen LogP contribution in [0.4, 0.5) is 5.82 Å². The minimum atomic E-state index is 0.0923. The summed E-state index contributed by atoms with van der Waals surface area (Å²) in [5, 5.41) is 15.4. The first-order valence-corrected chi connectivity index (χ1v) is 10.9. The number of amides is 1. The van der Waals surface area contributed by atoms with Gasteiger partial charge in [-0.2, -0.15) is 9.61 Å². The number of carbonyl (C=O) groups excluding carboxylic acids is 1. The van der Waals surface area contributed by atoms with Crippen LogP contribution in [0.15, 0.2) is 66.9 Å². The Bertz CT molecular complexity index is 1160. The Labute approximate surface area is 188 Å². The van der Waals surface area contributed by atoms with E-state index in [0.717, 1.165) is 46.6 Å². The van der Waals surface area contributed by atoms with Crippen LogP contribution < -0.4 is 10.8 Å². The maximum atomic E-state index is 12.8. The molecule has 1 aliphatic rings. The van der Waals surface area contributed by atoms with E-state index in [1.165, 1.54) is 6.21 Å². The van der Waals surface area contributed by atoms with E-state index in [-0.39, 0.29) is 11.8 Å². The third-order valence-electron chi connectivity index (χ3n) is 5.88. The number of nitrogens with zero attached hydrogens (tertiary/aromatic N) is 4. The number of nitrogens with one attached hydrogen (secondary N) is 2. The summed E-state index contributed by atoms with van der Waals surface area (Å²) in [6.45, 7) is 5.63. The molecule has 1 amide bonds. The lowest BCUT2D eigenvalue weighted by atomic mass is 9.92. The Morgan fingerprint density at radius 1 is 1.28 bits per heavy atom. The molecule has 0 bridgehead atoms. The Balaban J connectivity index is 1.52. The molecule has 0 spiro atoms. The smallest absolute Gasteiger partial charge is 0.253 e. The van der Waals surface area contributed by atoms with Gasteiger partial charge >= 0.3 is 0 Å². The van der Waals surface area contributed by atoms with E-state index in [9.17, 15) is 4.79 Å². The fraction of sp³-hybridized carbons (Fsp3) is 0.250. The van der Waals surface area contributed by atoms with E-state index in [1.54, 1.807) is 6.08 Å². The van der Waals surface area contributed by atoms with Gasteiger partial charge in [-0.1, -0.05) is 36.9 Å². The SMILES string of the molecule is Bc1cnn2c(NC/C(C=N)=C/C=C)cc(C3CCN(C(=O)c4ccccc4)CC3)nc12. The standard InChI is InChI=1S/C24H27BN6O/c1-2-6-17(14-26)15-27-22-13-21(29-23-20(25)16-28-31(22)23)18-9-11-30(12-10-18)24(32)19-7-4-3-5-8-19/h2-8,13-14,16,18,26-27H,1,9-12,15,25H2/b17-6+,26-14?. The van der Waals surface area contributed by atoms with Gasteiger partial charge in [0, 0.05) is 55.3 Å². The highest BCUT2D eigenvalue weighted by Gasteiger charge is 2.26. The average molecular weight is 426 g/mol. The average Bonchev–Trinajstić information content (AvgIpc) is 3.22. The summed E-state index contributed by atoms with van der Waals surface area (Å²) in [6.07, 6.45) is 8.37. The van der Waals surface area contributed by atoms with E-state index >= 15 is 0 Å². The van der Waals surface area contributed by atoms with Crippen molar-refractivity contribution in [3.8, 4) is 0 Å². The summed E-state index contributed by atoms with van der Waals surface area (Å²) < 4.78 is 1.81. The predicted molar refractivity (Wildman–Crippen MR) is 131 cm³/mol. The molecule has 3 heterocycles. The molecule has 4 rings (SSSR count). The van der Waals surface area contributed by atoms with Crippen LogP contribution in [0, 0.1) is 5.41 Å². The summed E-state index contributed by atoms with van der Waals surface area (Å²) in [6, 6.07) is 11.5. The molecule has 7 nitrogen and oxygen atoms in total. The molecule has 162 valence electrons. The second-order valence-electron chi connectivity index (χ2n) is 8.04. The Morgan fingerprint density at radius 3 is 2.72 bits per heavy atom. The third-order valence-corrected chi connectivity index (χ3v) is 5.88. The van der Waals surface area contributed by atoms with Gasteiger partial charge in [0.15, 0.2) is 5.65 Å². The molecule has 1 aromatic carbocycles. The zero-order chi connectivity index (χ0) is 22.5. The van der Waals surface area contributed by atoms with Gasteiger partial charge in [0.2, 0.25) is 0 Å². The number of allylic oxidation sites excluding steroid dienone is 2. The molecule has 0 atom stereocenters. The Hall–Kier alpha value is -3.68. The Kier molecular flexibility index (Phi) is 6.49. The molecule has 8 heteroatoms. The number of anilines is 1. The summed E-state index contributed by atoms with van der Waals surface area (Å²) in [5.41, 5.74) is 4.42. The Morgan fingerprint density at radius 2 is 2.03 bits per heavy atom. The van der Waals surface area contributed by atoms with E-state index in [1.807, 2.05) is 65.9 Å². The van der Waals surface area contributed by atoms with Crippen molar-refractivity contribution in [1.29, 1.82) is 5.41 Å². The monoisotopic (exact) mass is 426 g/mol. The van der Waals surface area contributed by atoms with E-state index in [4.69, 9.17) is 10.4 Å². The molecule has 2 aromatic heterocycles. The molecule has 1 aliphatic heterocycles. The van der Waals surface area contributed by atoms with E-state index in [0.29, 0.717) is 19.6 Å². The molecule has 32 heavy (non-hydrogen) atoms. The number of likely N-dealkylation sites (tertiary alicyclic amines) is 1. The van der Waals surface area contributed by atoms with Crippen molar-refractivity contribution in [1.82, 2.24) is 19.5 Å². The summed E-state index contributed by atoms with van der Waals surface area (Å²) in [7, 11) is 2.00. The summed E-state index contributed by atoms with van der Waals surface area (Å²) in [4.78, 5) is 19.6. The number of rotatable bonds is 7. The molecule has 1 fully saturated rings. The second kappa shape index (κ2) is 9.64. The molecule has 0 saturated carbocycles. The highest BCUT2D eigenvalue weighted by atomic mass is 16.2. The van der Waals surface area contributed by atoms with Gasteiger partial charge in [0.25, 0.3) is 5.91 Å². The number of hydrogen-bond donors (Lipinski definition) is 2. The van der Waals surface area contributed by atoms with Crippen molar-refractivity contribution in [3.05, 3.63) is 78.2 Å². The quantitative estimate of drug-likeness (QED) is 0.345. The van der Waals surface area contributed by atoms with Crippen LogP contribution in [0.2, 0.25) is 0 Å². The summed E-state index contributed by atoms with van der Waals surface area (Å²) in [5.74, 6) is 1.22. The molecule has 1 saturated heterocycles. The van der Waals surface area contributed by atoms with E-state index < -0.39 is 0 Å². The first-order chi connectivity index (χ1) is 15.6. The van der Waals surface area contributed by atoms with Gasteiger partial charge in [-0.25, -0.2) is 4.98 Å². The second-order valence-corrected chi connectivity index (χ2v) is 8.04. The van der Waals surface area contributed by atoms with Crippen LogP contribution in [-0.2, 0) is 0 Å². The summed E-state index contributed by atoms with van der Waals surface area (Å²) >= 11 is 0. The van der Waals surface area contributed by atoms with Gasteiger partial charge in [0.1, 0.15) is 13.7 Å². The first kappa shape index (κ1) is 21.6. The van der Waals surface area contributed by atoms with Crippen molar-refractivity contribution < 1.29 is 4.79 Å². The number of fused-ring (bicyclic) bond motifs is 1. The zero-order valence-electron chi connectivity index (χ0n) is 18.3. The zero-order valence-corrected chi connectivity index (χ0v) is 18.3. The maximum Gasteiger partial charge on any atom is 0.253 e. The van der Waals surface area contributed by atoms with Crippen LogP contribution in [0.5, 0.6) is 0 Å². The molecule has 0 radical (unpaired) electrons. The van der Waals surface area contributed by atoms with Crippen molar-refractivity contribution in [3.63, 3.8) is 0 Å². The van der Waals surface area contributed by atoms with Crippen molar-refractivity contribution in [2.24, 2.45) is 0 Å². The number of hydrogen-bond acceptors (Lipinski definition) is 5. The lowest BCUT2D eigenvalue weighted by molar-refractivity contribution is 0.0712. The van der Waals surface area contributed by atoms with Crippen molar-refractivity contribution in [2.45, 2.75) is 18.8 Å². The normalized spacial score (nSPS) is 15.0. The van der Waals surface area contributed by atoms with Gasteiger partial charge in [-0.05, 0) is 36.0 Å². The fourth-order valence-electron chi connectivity index (χ4n) is 4.07. The van der Waals surface area contributed by atoms with Crippen LogP contribution in [0.3, 0.4) is 0 Å². The van der Waals surface area contributed by atoms with Crippen molar-refractivity contribution in [2.75, 3.05) is 25.0 Å².